The Balaban J connectivity index is 1.85. The van der Waals surface area contributed by atoms with Gasteiger partial charge < -0.3 is 19.9 Å². The Hall–Kier alpha value is -1.75. The van der Waals surface area contributed by atoms with Gasteiger partial charge in [-0.2, -0.15) is 0 Å². The van der Waals surface area contributed by atoms with Gasteiger partial charge in [0.1, 0.15) is 5.75 Å². The molecule has 20 heavy (non-hydrogen) atoms. The number of piperidine rings is 1. The van der Waals surface area contributed by atoms with E-state index in [1.54, 1.807) is 7.11 Å². The molecule has 1 aromatic carbocycles. The van der Waals surface area contributed by atoms with Gasteiger partial charge in [0.05, 0.1) is 18.1 Å². The van der Waals surface area contributed by atoms with E-state index >= 15 is 0 Å². The Labute approximate surface area is 119 Å². The van der Waals surface area contributed by atoms with E-state index in [1.807, 2.05) is 18.2 Å². The number of nitrogens with zero attached hydrogens (tertiary/aromatic N) is 3. The third-order valence-electron chi connectivity index (χ3n) is 4.26. The summed E-state index contributed by atoms with van der Waals surface area (Å²) >= 11 is 0. The summed E-state index contributed by atoms with van der Waals surface area (Å²) in [5, 5.41) is 0. The van der Waals surface area contributed by atoms with Crippen LogP contribution in [0.25, 0.3) is 11.0 Å². The van der Waals surface area contributed by atoms with Crippen molar-refractivity contribution in [3.8, 4) is 5.75 Å². The molecule has 1 aromatic heterocycles. The van der Waals surface area contributed by atoms with Crippen molar-refractivity contribution in [2.75, 3.05) is 33.0 Å². The Kier molecular flexibility index (Phi) is 3.53. The number of likely N-dealkylation sites (tertiary alicyclic amines) is 1. The predicted molar refractivity (Wildman–Crippen MR) is 80.9 cm³/mol. The van der Waals surface area contributed by atoms with Gasteiger partial charge in [-0.05, 0) is 51.0 Å². The number of anilines is 1. The van der Waals surface area contributed by atoms with Crippen molar-refractivity contribution in [3.63, 3.8) is 0 Å². The molecule has 2 heterocycles. The highest BCUT2D eigenvalue weighted by molar-refractivity contribution is 5.79. The number of fused-ring (bicyclic) bond motifs is 1. The molecule has 0 spiro atoms. The van der Waals surface area contributed by atoms with E-state index in [-0.39, 0.29) is 0 Å². The monoisotopic (exact) mass is 274 g/mol. The summed E-state index contributed by atoms with van der Waals surface area (Å²) in [6.07, 6.45) is 2.46. The van der Waals surface area contributed by atoms with Crippen LogP contribution in [0.1, 0.15) is 12.8 Å². The zero-order valence-electron chi connectivity index (χ0n) is 12.2. The summed E-state index contributed by atoms with van der Waals surface area (Å²) < 4.78 is 7.38. The predicted octanol–water partition coefficient (Wildman–Crippen LogP) is 1.97. The molecule has 0 amide bonds. The Morgan fingerprint density at radius 1 is 1.35 bits per heavy atom. The highest BCUT2D eigenvalue weighted by Crippen LogP contribution is 2.26. The Morgan fingerprint density at radius 2 is 2.10 bits per heavy atom. The smallest absolute Gasteiger partial charge is 0.201 e. The van der Waals surface area contributed by atoms with E-state index in [9.17, 15) is 0 Å². The lowest BCUT2D eigenvalue weighted by Crippen LogP contribution is -2.32. The molecule has 1 aliphatic heterocycles. The fourth-order valence-electron chi connectivity index (χ4n) is 2.95. The molecule has 1 aliphatic rings. The number of rotatable bonds is 3. The van der Waals surface area contributed by atoms with E-state index < -0.39 is 0 Å². The summed E-state index contributed by atoms with van der Waals surface area (Å²) in [5.41, 5.74) is 8.10. The first-order valence-electron chi connectivity index (χ1n) is 7.15. The van der Waals surface area contributed by atoms with Gasteiger partial charge in [-0.25, -0.2) is 4.98 Å². The maximum absolute atomic E-state index is 6.09. The molecule has 2 aromatic rings. The molecular weight excluding hydrogens is 252 g/mol. The number of nitrogens with two attached hydrogens (primary N) is 1. The van der Waals surface area contributed by atoms with Gasteiger partial charge in [0.15, 0.2) is 0 Å². The molecule has 0 aliphatic carbocycles. The van der Waals surface area contributed by atoms with Crippen LogP contribution in [0.5, 0.6) is 5.75 Å². The second-order valence-corrected chi connectivity index (χ2v) is 5.68. The molecular formula is C15H22N4O. The van der Waals surface area contributed by atoms with Crippen molar-refractivity contribution in [3.05, 3.63) is 18.2 Å². The third-order valence-corrected chi connectivity index (χ3v) is 4.26. The minimum Gasteiger partial charge on any atom is -0.497 e. The SMILES string of the molecule is COc1ccc2c(c1)nc(N)n2CC1CCN(C)CC1. The van der Waals surface area contributed by atoms with E-state index in [0.717, 1.165) is 23.3 Å². The number of imidazole rings is 1. The van der Waals surface area contributed by atoms with Crippen LogP contribution in [0, 0.1) is 5.92 Å². The zero-order chi connectivity index (χ0) is 14.1. The summed E-state index contributed by atoms with van der Waals surface area (Å²) in [6, 6.07) is 5.96. The molecule has 0 radical (unpaired) electrons. The molecule has 1 saturated heterocycles. The van der Waals surface area contributed by atoms with Crippen LogP contribution in [0.3, 0.4) is 0 Å². The van der Waals surface area contributed by atoms with E-state index in [4.69, 9.17) is 10.5 Å². The highest BCUT2D eigenvalue weighted by Gasteiger charge is 2.19. The molecule has 2 N–H and O–H groups in total. The van der Waals surface area contributed by atoms with Crippen molar-refractivity contribution in [2.24, 2.45) is 5.92 Å². The number of hydrogen-bond acceptors (Lipinski definition) is 4. The summed E-state index contributed by atoms with van der Waals surface area (Å²) in [7, 11) is 3.85. The van der Waals surface area contributed by atoms with Crippen molar-refractivity contribution >= 4 is 17.0 Å². The van der Waals surface area contributed by atoms with Crippen LogP contribution in [-0.4, -0.2) is 41.7 Å². The summed E-state index contributed by atoms with van der Waals surface area (Å²) in [5.74, 6) is 2.11. The number of aromatic nitrogens is 2. The molecule has 5 heteroatoms. The van der Waals surface area contributed by atoms with E-state index in [1.165, 1.54) is 25.9 Å². The quantitative estimate of drug-likeness (QED) is 0.929. The minimum atomic E-state index is 0.604. The summed E-state index contributed by atoms with van der Waals surface area (Å²) in [6.45, 7) is 3.30. The topological polar surface area (TPSA) is 56.3 Å². The van der Waals surface area contributed by atoms with Crippen molar-refractivity contribution < 1.29 is 4.74 Å². The maximum atomic E-state index is 6.09. The van der Waals surface area contributed by atoms with Gasteiger partial charge in [-0.15, -0.1) is 0 Å². The van der Waals surface area contributed by atoms with Gasteiger partial charge in [-0.3, -0.25) is 0 Å². The number of ether oxygens (including phenoxy) is 1. The molecule has 5 nitrogen and oxygen atoms in total. The standard InChI is InChI=1S/C15H22N4O/c1-18-7-5-11(6-8-18)10-19-14-4-3-12(20-2)9-13(14)17-15(19)16/h3-4,9,11H,5-8,10H2,1-2H3,(H2,16,17). The largest absolute Gasteiger partial charge is 0.497 e. The van der Waals surface area contributed by atoms with Crippen molar-refractivity contribution in [1.82, 2.24) is 14.5 Å². The van der Waals surface area contributed by atoms with E-state index in [0.29, 0.717) is 11.9 Å². The average Bonchev–Trinajstić information content (AvgIpc) is 2.76. The second-order valence-electron chi connectivity index (χ2n) is 5.68. The van der Waals surface area contributed by atoms with Gasteiger partial charge in [-0.1, -0.05) is 0 Å². The fraction of sp³-hybridized carbons (Fsp3) is 0.533. The van der Waals surface area contributed by atoms with Crippen LogP contribution < -0.4 is 10.5 Å². The molecule has 0 unspecified atom stereocenters. The lowest BCUT2D eigenvalue weighted by atomic mass is 9.97. The first-order valence-corrected chi connectivity index (χ1v) is 7.15. The van der Waals surface area contributed by atoms with Gasteiger partial charge >= 0.3 is 0 Å². The van der Waals surface area contributed by atoms with Crippen molar-refractivity contribution in [2.45, 2.75) is 19.4 Å². The Bertz CT molecular complexity index is 599. The Morgan fingerprint density at radius 3 is 2.80 bits per heavy atom. The normalized spacial score (nSPS) is 17.7. The third kappa shape index (κ3) is 2.45. The van der Waals surface area contributed by atoms with Crippen LogP contribution >= 0.6 is 0 Å². The molecule has 1 fully saturated rings. The van der Waals surface area contributed by atoms with Crippen LogP contribution in [0.4, 0.5) is 5.95 Å². The molecule has 0 saturated carbocycles. The number of methoxy groups -OCH3 is 1. The zero-order valence-corrected chi connectivity index (χ0v) is 12.2. The van der Waals surface area contributed by atoms with Gasteiger partial charge in [0, 0.05) is 12.6 Å². The minimum absolute atomic E-state index is 0.604. The number of nitrogen functional groups attached to an aromatic ring is 1. The molecule has 3 rings (SSSR count). The maximum Gasteiger partial charge on any atom is 0.201 e. The average molecular weight is 274 g/mol. The fourth-order valence-corrected chi connectivity index (χ4v) is 2.95. The second kappa shape index (κ2) is 5.32. The van der Waals surface area contributed by atoms with Crippen molar-refractivity contribution in [1.29, 1.82) is 0 Å². The van der Waals surface area contributed by atoms with Crippen LogP contribution in [-0.2, 0) is 6.54 Å². The van der Waals surface area contributed by atoms with Gasteiger partial charge in [0.25, 0.3) is 0 Å². The van der Waals surface area contributed by atoms with Crippen LogP contribution in [0.15, 0.2) is 18.2 Å². The lowest BCUT2D eigenvalue weighted by Gasteiger charge is -2.29. The molecule has 0 atom stereocenters. The first-order chi connectivity index (χ1) is 9.67. The number of benzene rings is 1. The first kappa shape index (κ1) is 13.2. The highest BCUT2D eigenvalue weighted by atomic mass is 16.5. The summed E-state index contributed by atoms with van der Waals surface area (Å²) in [4.78, 5) is 6.84. The van der Waals surface area contributed by atoms with Crippen LogP contribution in [0.2, 0.25) is 0 Å². The van der Waals surface area contributed by atoms with E-state index in [2.05, 4.69) is 21.5 Å². The molecule has 108 valence electrons. The lowest BCUT2D eigenvalue weighted by molar-refractivity contribution is 0.206. The number of hydrogen-bond donors (Lipinski definition) is 1. The molecule has 0 bridgehead atoms. The van der Waals surface area contributed by atoms with Gasteiger partial charge in [0.2, 0.25) is 5.95 Å².